The molecule has 2 heterocycles. The highest BCUT2D eigenvalue weighted by Gasteiger charge is 2.78. The zero-order valence-electron chi connectivity index (χ0n) is 21.2. The summed E-state index contributed by atoms with van der Waals surface area (Å²) in [4.78, 5) is 14.8. The number of fused-ring (bicyclic) bond motifs is 9. The van der Waals surface area contributed by atoms with Crippen LogP contribution < -0.4 is 0 Å². The highest BCUT2D eigenvalue weighted by Crippen LogP contribution is 2.74. The zero-order valence-corrected chi connectivity index (χ0v) is 21.2. The van der Waals surface area contributed by atoms with Gasteiger partial charge in [-0.25, -0.2) is 0 Å². The Kier molecular flexibility index (Phi) is 4.56. The van der Waals surface area contributed by atoms with E-state index in [-0.39, 0.29) is 5.78 Å². The van der Waals surface area contributed by atoms with Crippen molar-refractivity contribution in [2.24, 2.45) is 11.8 Å². The lowest BCUT2D eigenvalue weighted by Crippen LogP contribution is -2.57. The fourth-order valence-electron chi connectivity index (χ4n) is 7.85. The Morgan fingerprint density at radius 1 is 0.513 bits per heavy atom. The van der Waals surface area contributed by atoms with Crippen LogP contribution in [-0.2, 0) is 21.5 Å². The average molecular weight is 507 g/mol. The van der Waals surface area contributed by atoms with Gasteiger partial charge in [0.1, 0.15) is 16.8 Å². The predicted octanol–water partition coefficient (Wildman–Crippen LogP) is 6.58. The maximum absolute atomic E-state index is 14.8. The van der Waals surface area contributed by atoms with Crippen molar-refractivity contribution >= 4 is 5.78 Å². The summed E-state index contributed by atoms with van der Waals surface area (Å²) in [5.41, 5.74) is 2.18. The maximum atomic E-state index is 14.8. The third kappa shape index (κ3) is 2.62. The third-order valence-electron chi connectivity index (χ3n) is 9.21. The van der Waals surface area contributed by atoms with E-state index in [1.54, 1.807) is 0 Å². The molecule has 39 heavy (non-hydrogen) atoms. The second-order valence-electron chi connectivity index (χ2n) is 10.8. The van der Waals surface area contributed by atoms with E-state index in [9.17, 15) is 9.90 Å². The molecule has 2 aliphatic heterocycles. The fraction of sp³-hybridized carbons (Fsp3) is 0.139. The Balaban J connectivity index is 1.57. The Bertz CT molecular complexity index is 1730. The molecule has 188 valence electrons. The van der Waals surface area contributed by atoms with Gasteiger partial charge in [-0.05, 0) is 33.4 Å². The van der Waals surface area contributed by atoms with E-state index in [1.165, 1.54) is 0 Å². The average Bonchev–Trinajstić information content (AvgIpc) is 3.52. The Labute approximate surface area is 227 Å². The van der Waals surface area contributed by atoms with Crippen LogP contribution in [0.4, 0.5) is 0 Å². The van der Waals surface area contributed by atoms with Gasteiger partial charge in [-0.15, -0.1) is 0 Å². The molecule has 2 bridgehead atoms. The van der Waals surface area contributed by atoms with E-state index in [2.05, 4.69) is 36.4 Å². The molecule has 3 heteroatoms. The van der Waals surface area contributed by atoms with Gasteiger partial charge in [-0.2, -0.15) is 0 Å². The first-order valence-electron chi connectivity index (χ1n) is 13.5. The first-order valence-corrected chi connectivity index (χ1v) is 13.5. The normalized spacial score (nSPS) is 29.9. The molecule has 1 saturated heterocycles. The van der Waals surface area contributed by atoms with E-state index in [1.807, 2.05) is 103 Å². The van der Waals surface area contributed by atoms with Gasteiger partial charge in [0.2, 0.25) is 0 Å². The number of aliphatic hydroxyl groups is 1. The molecule has 0 aromatic heterocycles. The molecule has 1 fully saturated rings. The monoisotopic (exact) mass is 506 g/mol. The minimum atomic E-state index is -1.49. The molecule has 5 aromatic carbocycles. The van der Waals surface area contributed by atoms with Crippen molar-refractivity contribution in [3.63, 3.8) is 0 Å². The number of carbonyl (C=O) groups excluding carboxylic acids is 1. The molecule has 5 atom stereocenters. The van der Waals surface area contributed by atoms with Crippen LogP contribution in [0.1, 0.15) is 43.7 Å². The summed E-state index contributed by atoms with van der Waals surface area (Å²) in [6, 6.07) is 45.8. The first-order chi connectivity index (χ1) is 19.1. The van der Waals surface area contributed by atoms with Crippen LogP contribution in [0.15, 0.2) is 140 Å². The van der Waals surface area contributed by atoms with Crippen LogP contribution in [0.25, 0.3) is 0 Å². The van der Waals surface area contributed by atoms with Gasteiger partial charge in [0.15, 0.2) is 5.78 Å². The lowest BCUT2D eigenvalue weighted by molar-refractivity contribution is -0.0897. The van der Waals surface area contributed by atoms with Crippen LogP contribution in [0.3, 0.4) is 0 Å². The lowest BCUT2D eigenvalue weighted by atomic mass is 9.49. The molecule has 8 rings (SSSR count). The van der Waals surface area contributed by atoms with Crippen molar-refractivity contribution < 1.29 is 14.6 Å². The second-order valence-corrected chi connectivity index (χ2v) is 10.8. The Morgan fingerprint density at radius 2 is 0.949 bits per heavy atom. The van der Waals surface area contributed by atoms with E-state index in [4.69, 9.17) is 4.74 Å². The fourth-order valence-corrected chi connectivity index (χ4v) is 7.85. The standard InChI is InChI=1S/C36H26O3/c37-32-27-20-10-11-21-28(27)34(38,24-14-4-1-5-15-24)33-31(32)35(25-16-6-2-7-17-25)29-22-12-13-23-30(29)36(33,39-35)26-18-8-3-9-19-26/h1-23,31,33,38H. The minimum absolute atomic E-state index is 0.00682. The summed E-state index contributed by atoms with van der Waals surface area (Å²) in [7, 11) is 0. The number of ether oxygens (including phenoxy) is 1. The van der Waals surface area contributed by atoms with Gasteiger partial charge in [0.05, 0.1) is 5.92 Å². The van der Waals surface area contributed by atoms with Gasteiger partial charge in [-0.1, -0.05) is 140 Å². The summed E-state index contributed by atoms with van der Waals surface area (Å²) in [5.74, 6) is -1.27. The zero-order chi connectivity index (χ0) is 26.2. The smallest absolute Gasteiger partial charge is 0.170 e. The third-order valence-corrected chi connectivity index (χ3v) is 9.21. The quantitative estimate of drug-likeness (QED) is 0.301. The van der Waals surface area contributed by atoms with Crippen LogP contribution >= 0.6 is 0 Å². The summed E-state index contributed by atoms with van der Waals surface area (Å²) in [5, 5.41) is 13.3. The Morgan fingerprint density at radius 3 is 1.54 bits per heavy atom. The summed E-state index contributed by atoms with van der Waals surface area (Å²) < 4.78 is 7.47. The van der Waals surface area contributed by atoms with Gasteiger partial charge in [0.25, 0.3) is 0 Å². The van der Waals surface area contributed by atoms with Crippen molar-refractivity contribution in [2.45, 2.75) is 16.8 Å². The van der Waals surface area contributed by atoms with Crippen molar-refractivity contribution in [3.05, 3.63) is 178 Å². The lowest BCUT2D eigenvalue weighted by Gasteiger charge is -2.51. The second kappa shape index (κ2) is 7.86. The number of benzene rings is 5. The molecule has 5 unspecified atom stereocenters. The molecule has 0 spiro atoms. The molecular weight excluding hydrogens is 480 g/mol. The highest BCUT2D eigenvalue weighted by atomic mass is 16.5. The molecular formula is C36H26O3. The highest BCUT2D eigenvalue weighted by molar-refractivity contribution is 6.03. The van der Waals surface area contributed by atoms with Crippen LogP contribution in [0.2, 0.25) is 0 Å². The van der Waals surface area contributed by atoms with E-state index >= 15 is 0 Å². The molecule has 3 aliphatic rings. The van der Waals surface area contributed by atoms with Gasteiger partial charge < -0.3 is 9.84 Å². The number of rotatable bonds is 3. The van der Waals surface area contributed by atoms with Crippen LogP contribution in [0.5, 0.6) is 0 Å². The molecule has 1 aliphatic carbocycles. The number of carbonyl (C=O) groups is 1. The largest absolute Gasteiger partial charge is 0.380 e. The van der Waals surface area contributed by atoms with E-state index in [0.29, 0.717) is 11.1 Å². The van der Waals surface area contributed by atoms with Crippen LogP contribution in [-0.4, -0.2) is 10.9 Å². The molecule has 1 N–H and O–H groups in total. The number of hydrogen-bond acceptors (Lipinski definition) is 3. The van der Waals surface area contributed by atoms with Crippen LogP contribution in [0, 0.1) is 11.8 Å². The molecule has 0 radical (unpaired) electrons. The van der Waals surface area contributed by atoms with Gasteiger partial charge >= 0.3 is 0 Å². The van der Waals surface area contributed by atoms with E-state index in [0.717, 1.165) is 27.8 Å². The summed E-state index contributed by atoms with van der Waals surface area (Å²) in [6.45, 7) is 0. The Hall–Kier alpha value is -4.31. The molecule has 5 aromatic rings. The minimum Gasteiger partial charge on any atom is -0.380 e. The first kappa shape index (κ1) is 22.7. The summed E-state index contributed by atoms with van der Waals surface area (Å²) in [6.07, 6.45) is 0. The molecule has 0 amide bonds. The summed E-state index contributed by atoms with van der Waals surface area (Å²) >= 11 is 0. The number of ketones is 1. The molecule has 3 nitrogen and oxygen atoms in total. The topological polar surface area (TPSA) is 46.5 Å². The van der Waals surface area contributed by atoms with Crippen molar-refractivity contribution in [3.8, 4) is 0 Å². The molecule has 0 saturated carbocycles. The van der Waals surface area contributed by atoms with Crippen molar-refractivity contribution in [1.29, 1.82) is 0 Å². The SMILES string of the molecule is O=C1c2ccccc2C(O)(c2ccccc2)C2C1C1(c3ccccc3)OC2(c2ccccc2)c2ccccc21. The van der Waals surface area contributed by atoms with Crippen molar-refractivity contribution in [2.75, 3.05) is 0 Å². The van der Waals surface area contributed by atoms with E-state index < -0.39 is 28.6 Å². The van der Waals surface area contributed by atoms with Crippen molar-refractivity contribution in [1.82, 2.24) is 0 Å². The maximum Gasteiger partial charge on any atom is 0.170 e. The number of hydrogen-bond donors (Lipinski definition) is 1. The van der Waals surface area contributed by atoms with Gasteiger partial charge in [-0.3, -0.25) is 4.79 Å². The predicted molar refractivity (Wildman–Crippen MR) is 149 cm³/mol. The van der Waals surface area contributed by atoms with Gasteiger partial charge in [0, 0.05) is 11.5 Å². The number of Topliss-reactive ketones (excluding diaryl/α,β-unsaturated/α-hetero) is 1.